The van der Waals surface area contributed by atoms with Crippen LogP contribution in [0.15, 0.2) is 118 Å². The second-order valence-corrected chi connectivity index (χ2v) is 34.8. The maximum absolute atomic E-state index is 5.62. The zero-order valence-electron chi connectivity index (χ0n) is 22.9. The molecule has 0 atom stereocenters. The van der Waals surface area contributed by atoms with Gasteiger partial charge in [0.15, 0.2) is 0 Å². The van der Waals surface area contributed by atoms with Crippen molar-refractivity contribution in [3.05, 3.63) is 129 Å². The third kappa shape index (κ3) is 8.40. The maximum atomic E-state index is 5.62. The summed E-state index contributed by atoms with van der Waals surface area (Å²) in [4.78, 5) is 0. The van der Waals surface area contributed by atoms with Gasteiger partial charge in [-0.2, -0.15) is 12.1 Å². The summed E-state index contributed by atoms with van der Waals surface area (Å²) in [6, 6.07) is 38.9. The topological polar surface area (TPSA) is 0 Å². The Balaban J connectivity index is 0.000000155. The Morgan fingerprint density at radius 3 is 1.27 bits per heavy atom. The van der Waals surface area contributed by atoms with E-state index in [0.717, 1.165) is 8.95 Å². The molecule has 0 aliphatic heterocycles. The molecular weight excluding hydrogens is 758 g/mol. The largest absolute Gasteiger partial charge is 0.165 e. The van der Waals surface area contributed by atoms with Gasteiger partial charge in [-0.25, -0.2) is 0 Å². The molecule has 0 nitrogen and oxygen atoms in total. The monoisotopic (exact) mass is 784 g/mol. The second-order valence-electron chi connectivity index (χ2n) is 9.96. The van der Waals surface area contributed by atoms with Crippen LogP contribution in [0.25, 0.3) is 43.8 Å². The average Bonchev–Trinajstić information content (AvgIpc) is 3.51. The fourth-order valence-electron chi connectivity index (χ4n) is 4.53. The summed E-state index contributed by atoms with van der Waals surface area (Å²) in [5, 5.41) is 5.32. The summed E-state index contributed by atoms with van der Waals surface area (Å²) in [6.45, 7) is 8.62. The molecule has 0 spiro atoms. The molecule has 0 saturated heterocycles. The summed E-state index contributed by atoms with van der Waals surface area (Å²) in [5.41, 5.74) is 7.58. The van der Waals surface area contributed by atoms with Gasteiger partial charge in [-0.1, -0.05) is 93.2 Å². The molecule has 6 rings (SSSR count). The predicted molar refractivity (Wildman–Crippen MR) is 184 cm³/mol. The van der Waals surface area contributed by atoms with Gasteiger partial charge in [-0.15, -0.1) is 69.1 Å². The molecule has 0 bridgehead atoms. The zero-order valence-corrected chi connectivity index (χ0v) is 31.0. The third-order valence-corrected chi connectivity index (χ3v) is 27.3. The fraction of sp³-hybridized carbons (Fsp3) is 0.118. The van der Waals surface area contributed by atoms with Crippen molar-refractivity contribution < 1.29 is 18.0 Å². The molecule has 6 aromatic rings. The first-order valence-electron chi connectivity index (χ1n) is 12.9. The molecule has 6 heteroatoms. The van der Waals surface area contributed by atoms with Gasteiger partial charge in [0.2, 0.25) is 0 Å². The molecule has 0 aromatic heterocycles. The van der Waals surface area contributed by atoms with Crippen LogP contribution in [0.2, 0.25) is 13.1 Å². The maximum Gasteiger partial charge on any atom is 0.0175 e. The molecule has 0 aliphatic rings. The third-order valence-electron chi connectivity index (χ3n) is 6.48. The zero-order chi connectivity index (χ0) is 28.8. The van der Waals surface area contributed by atoms with Crippen LogP contribution in [0.4, 0.5) is 0 Å². The van der Waals surface area contributed by atoms with Gasteiger partial charge in [0, 0.05) is 8.95 Å². The quantitative estimate of drug-likeness (QED) is 0.121. The van der Waals surface area contributed by atoms with E-state index in [-0.39, 0.29) is 5.43 Å². The Morgan fingerprint density at radius 2 is 0.950 bits per heavy atom. The summed E-state index contributed by atoms with van der Waals surface area (Å²) in [6.07, 6.45) is 0. The van der Waals surface area contributed by atoms with Crippen LogP contribution in [0.5, 0.6) is 0 Å². The van der Waals surface area contributed by atoms with Gasteiger partial charge < -0.3 is 0 Å². The first-order valence-corrected chi connectivity index (χ1v) is 27.0. The average molecular weight is 789 g/mol. The molecule has 0 unspecified atom stereocenters. The molecule has 40 heavy (non-hydrogen) atoms. The van der Waals surface area contributed by atoms with Gasteiger partial charge in [0.05, 0.1) is 0 Å². The minimum atomic E-state index is -1.65. The first-order chi connectivity index (χ1) is 19.1. The molecular formula is C34H30Br2Cl2SiZr-2. The van der Waals surface area contributed by atoms with Crippen LogP contribution < -0.4 is 0 Å². The van der Waals surface area contributed by atoms with Crippen molar-refractivity contribution in [1.29, 1.82) is 0 Å². The van der Waals surface area contributed by atoms with E-state index in [4.69, 9.17) is 17.0 Å². The Morgan fingerprint density at radius 1 is 0.600 bits per heavy atom. The van der Waals surface area contributed by atoms with Crippen molar-refractivity contribution >= 4 is 75.9 Å². The molecule has 0 saturated carbocycles. The minimum Gasteiger partial charge on any atom is -0.165 e. The fourth-order valence-corrected chi connectivity index (χ4v) is 5.06. The van der Waals surface area contributed by atoms with Crippen LogP contribution >= 0.6 is 48.9 Å². The van der Waals surface area contributed by atoms with Crippen LogP contribution in [0.1, 0.15) is 11.1 Å². The van der Waals surface area contributed by atoms with E-state index in [0.29, 0.717) is 0 Å². The predicted octanol–water partition coefficient (Wildman–Crippen LogP) is 12.8. The van der Waals surface area contributed by atoms with Crippen molar-refractivity contribution in [2.45, 2.75) is 26.9 Å². The number of halogens is 4. The van der Waals surface area contributed by atoms with E-state index in [1.54, 1.807) is 0 Å². The van der Waals surface area contributed by atoms with Crippen molar-refractivity contribution in [1.82, 2.24) is 0 Å². The summed E-state index contributed by atoms with van der Waals surface area (Å²) in [5.74, 6) is 0. The number of fused-ring (bicyclic) bond motifs is 2. The van der Waals surface area contributed by atoms with Crippen molar-refractivity contribution in [2.75, 3.05) is 0 Å². The molecule has 0 heterocycles. The molecule has 6 aromatic carbocycles. The molecule has 0 fully saturated rings. The molecule has 0 aliphatic carbocycles. The van der Waals surface area contributed by atoms with Crippen molar-refractivity contribution in [3.63, 3.8) is 0 Å². The van der Waals surface area contributed by atoms with Crippen molar-refractivity contribution in [2.24, 2.45) is 0 Å². The van der Waals surface area contributed by atoms with E-state index in [2.05, 4.69) is 168 Å². The summed E-state index contributed by atoms with van der Waals surface area (Å²) >= 11 is 5.29. The number of hydrogen-bond acceptors (Lipinski definition) is 0. The number of hydrogen-bond donors (Lipinski definition) is 0. The van der Waals surface area contributed by atoms with E-state index in [1.807, 2.05) is 0 Å². The number of rotatable bonds is 2. The Kier molecular flexibility index (Phi) is 11.7. The van der Waals surface area contributed by atoms with Crippen LogP contribution in [-0.4, -0.2) is 5.43 Å². The molecule has 204 valence electrons. The summed E-state index contributed by atoms with van der Waals surface area (Å²) < 4.78 is 2.24. The van der Waals surface area contributed by atoms with E-state index >= 15 is 0 Å². The summed E-state index contributed by atoms with van der Waals surface area (Å²) in [7, 11) is 11.2. The van der Waals surface area contributed by atoms with Crippen molar-refractivity contribution in [3.8, 4) is 22.3 Å². The van der Waals surface area contributed by atoms with Crippen LogP contribution in [-0.2, 0) is 18.0 Å². The van der Waals surface area contributed by atoms with E-state index < -0.39 is 18.0 Å². The van der Waals surface area contributed by atoms with Crippen LogP contribution in [0.3, 0.4) is 0 Å². The molecule has 0 amide bonds. The van der Waals surface area contributed by atoms with E-state index in [1.165, 1.54) is 54.9 Å². The number of aryl methyl sites for hydroxylation is 2. The Bertz CT molecular complexity index is 1630. The van der Waals surface area contributed by atoms with Gasteiger partial charge in [0.1, 0.15) is 0 Å². The minimum absolute atomic E-state index is 0.224. The SMILES string of the molecule is C[Si](C)=[Zr]([Cl])[Cl].Cc1cc2c(-c3ccc(Br)cc3)cccc2[cH-]1.Cc1cc2c(-c3ccc(Br)cc3)cccc2[cH-]1. The Hall–Kier alpha value is -1.26. The standard InChI is InChI=1S/2C16H12Br.C2H6Si.2ClH.Zr/c2*1-11-9-13-3-2-4-15(16(13)10-11)12-5-7-14(17)8-6-12;1-3-2;;;/h2*2-10H,1H3;1-2H3;2*1H;/q2*-1;;;;+2/p-2. The molecule has 0 N–H and O–H groups in total. The Labute approximate surface area is 269 Å². The van der Waals surface area contributed by atoms with E-state index in [9.17, 15) is 0 Å². The normalized spacial score (nSPS) is 10.5. The van der Waals surface area contributed by atoms with Gasteiger partial charge in [-0.3, -0.25) is 0 Å². The smallest absolute Gasteiger partial charge is 0.0175 e. The molecule has 0 radical (unpaired) electrons. The van der Waals surface area contributed by atoms with Crippen LogP contribution in [0, 0.1) is 13.8 Å². The second kappa shape index (κ2) is 14.8. The van der Waals surface area contributed by atoms with Gasteiger partial charge in [0.25, 0.3) is 0 Å². The van der Waals surface area contributed by atoms with Gasteiger partial charge >= 0.3 is 53.5 Å². The number of benzene rings is 4. The van der Waals surface area contributed by atoms with Gasteiger partial charge in [-0.05, 0) is 35.4 Å². The first kappa shape index (κ1) is 31.7.